The van der Waals surface area contributed by atoms with Crippen molar-refractivity contribution in [3.05, 3.63) is 72.5 Å². The Bertz CT molecular complexity index is 552. The smallest absolute Gasteiger partial charge is 0.298 e. The Morgan fingerprint density at radius 3 is 2.00 bits per heavy atom. The van der Waals surface area contributed by atoms with Gasteiger partial charge in [-0.1, -0.05) is 67.6 Å². The first-order valence-corrected chi connectivity index (χ1v) is 9.44. The van der Waals surface area contributed by atoms with Gasteiger partial charge in [0.05, 0.1) is 5.76 Å². The predicted octanol–water partition coefficient (Wildman–Crippen LogP) is 3.25. The van der Waals surface area contributed by atoms with Crippen LogP contribution in [0, 0.1) is 5.92 Å². The van der Waals surface area contributed by atoms with Gasteiger partial charge in [0.15, 0.2) is 0 Å². The maximum atomic E-state index is 6.58. The molecule has 0 saturated heterocycles. The van der Waals surface area contributed by atoms with Gasteiger partial charge in [0, 0.05) is 5.92 Å². The van der Waals surface area contributed by atoms with Crippen molar-refractivity contribution in [3.63, 3.8) is 0 Å². The topological polar surface area (TPSA) is 9.23 Å². The molecule has 1 atom stereocenters. The summed E-state index contributed by atoms with van der Waals surface area (Å²) in [4.78, 5) is 0. The van der Waals surface area contributed by atoms with Crippen molar-refractivity contribution in [1.82, 2.24) is 0 Å². The van der Waals surface area contributed by atoms with Gasteiger partial charge in [0.25, 0.3) is 9.04 Å². The summed E-state index contributed by atoms with van der Waals surface area (Å²) < 4.78 is 6.58. The van der Waals surface area contributed by atoms with E-state index in [9.17, 15) is 0 Å². The SMILES string of the molecule is CC1CCCC=C1O[SiH](c1ccccc1)c1ccccc1. The summed E-state index contributed by atoms with van der Waals surface area (Å²) in [6.07, 6.45) is 6.00. The van der Waals surface area contributed by atoms with Crippen LogP contribution in [0.2, 0.25) is 0 Å². The molecule has 1 unspecified atom stereocenters. The van der Waals surface area contributed by atoms with Gasteiger partial charge < -0.3 is 4.43 Å². The monoisotopic (exact) mass is 294 g/mol. The van der Waals surface area contributed by atoms with E-state index in [0.29, 0.717) is 5.92 Å². The Morgan fingerprint density at radius 1 is 0.905 bits per heavy atom. The third kappa shape index (κ3) is 3.45. The molecule has 2 aromatic carbocycles. The van der Waals surface area contributed by atoms with Crippen molar-refractivity contribution in [1.29, 1.82) is 0 Å². The van der Waals surface area contributed by atoms with Gasteiger partial charge in [0.2, 0.25) is 0 Å². The lowest BCUT2D eigenvalue weighted by molar-refractivity contribution is 0.340. The lowest BCUT2D eigenvalue weighted by atomic mass is 9.96. The van der Waals surface area contributed by atoms with Gasteiger partial charge in [-0.3, -0.25) is 0 Å². The quantitative estimate of drug-likeness (QED) is 0.787. The second-order valence-corrected chi connectivity index (χ2v) is 8.09. The molecule has 2 heteroatoms. The number of rotatable bonds is 4. The maximum Gasteiger partial charge on any atom is 0.298 e. The molecule has 0 bridgehead atoms. The average molecular weight is 294 g/mol. The van der Waals surface area contributed by atoms with Crippen LogP contribution in [0.4, 0.5) is 0 Å². The summed E-state index contributed by atoms with van der Waals surface area (Å²) in [7, 11) is -1.63. The minimum absolute atomic E-state index is 0.557. The first kappa shape index (κ1) is 14.1. The molecule has 0 heterocycles. The maximum absolute atomic E-state index is 6.58. The molecule has 0 amide bonds. The van der Waals surface area contributed by atoms with E-state index in [4.69, 9.17) is 4.43 Å². The average Bonchev–Trinajstić information content (AvgIpc) is 2.56. The Morgan fingerprint density at radius 2 is 1.48 bits per heavy atom. The van der Waals surface area contributed by atoms with Gasteiger partial charge in [-0.05, 0) is 35.7 Å². The van der Waals surface area contributed by atoms with E-state index >= 15 is 0 Å². The van der Waals surface area contributed by atoms with Crippen LogP contribution in [-0.2, 0) is 4.43 Å². The van der Waals surface area contributed by atoms with Crippen molar-refractivity contribution in [3.8, 4) is 0 Å². The predicted molar refractivity (Wildman–Crippen MR) is 91.5 cm³/mol. The number of hydrogen-bond donors (Lipinski definition) is 0. The highest BCUT2D eigenvalue weighted by molar-refractivity contribution is 6.80. The second-order valence-electron chi connectivity index (χ2n) is 5.76. The van der Waals surface area contributed by atoms with Crippen molar-refractivity contribution < 1.29 is 4.43 Å². The lowest BCUT2D eigenvalue weighted by Crippen LogP contribution is -2.45. The van der Waals surface area contributed by atoms with Crippen LogP contribution < -0.4 is 10.4 Å². The van der Waals surface area contributed by atoms with Crippen molar-refractivity contribution in [2.24, 2.45) is 5.92 Å². The lowest BCUT2D eigenvalue weighted by Gasteiger charge is -2.26. The summed E-state index contributed by atoms with van der Waals surface area (Å²) in [5.41, 5.74) is 0. The summed E-state index contributed by atoms with van der Waals surface area (Å²) in [6.45, 7) is 2.28. The van der Waals surface area contributed by atoms with Crippen LogP contribution in [0.1, 0.15) is 26.2 Å². The zero-order valence-corrected chi connectivity index (χ0v) is 13.7. The molecule has 0 N–H and O–H groups in total. The normalized spacial score (nSPS) is 18.4. The molecule has 0 radical (unpaired) electrons. The summed E-state index contributed by atoms with van der Waals surface area (Å²) in [5, 5.41) is 2.70. The van der Waals surface area contributed by atoms with E-state index in [1.807, 2.05) is 0 Å². The molecule has 108 valence electrons. The highest BCUT2D eigenvalue weighted by Gasteiger charge is 2.23. The molecule has 0 spiro atoms. The summed E-state index contributed by atoms with van der Waals surface area (Å²) in [5.74, 6) is 1.77. The number of allylic oxidation sites excluding steroid dienone is 2. The Labute approximate surface area is 129 Å². The minimum atomic E-state index is -1.63. The molecule has 0 fully saturated rings. The van der Waals surface area contributed by atoms with E-state index in [-0.39, 0.29) is 0 Å². The van der Waals surface area contributed by atoms with Gasteiger partial charge in [-0.25, -0.2) is 0 Å². The molecule has 3 rings (SSSR count). The Balaban J connectivity index is 1.92. The highest BCUT2D eigenvalue weighted by Crippen LogP contribution is 2.25. The summed E-state index contributed by atoms with van der Waals surface area (Å²) in [6, 6.07) is 21.4. The third-order valence-corrected chi connectivity index (χ3v) is 6.62. The van der Waals surface area contributed by atoms with E-state index < -0.39 is 9.04 Å². The molecule has 0 aromatic heterocycles. The van der Waals surface area contributed by atoms with Crippen LogP contribution in [-0.4, -0.2) is 9.04 Å². The van der Waals surface area contributed by atoms with Crippen LogP contribution >= 0.6 is 0 Å². The molecular formula is C19H22OSi. The van der Waals surface area contributed by atoms with E-state index in [1.54, 1.807) is 0 Å². The fraction of sp³-hybridized carbons (Fsp3) is 0.263. The van der Waals surface area contributed by atoms with Crippen LogP contribution in [0.5, 0.6) is 0 Å². The number of hydrogen-bond acceptors (Lipinski definition) is 1. The second kappa shape index (κ2) is 6.77. The van der Waals surface area contributed by atoms with Crippen molar-refractivity contribution in [2.45, 2.75) is 26.2 Å². The summed E-state index contributed by atoms with van der Waals surface area (Å²) >= 11 is 0. The van der Waals surface area contributed by atoms with Gasteiger partial charge >= 0.3 is 0 Å². The largest absolute Gasteiger partial charge is 0.541 e. The molecule has 1 aliphatic carbocycles. The molecule has 0 aliphatic heterocycles. The van der Waals surface area contributed by atoms with E-state index in [2.05, 4.69) is 73.7 Å². The molecule has 1 aliphatic rings. The zero-order chi connectivity index (χ0) is 14.5. The van der Waals surface area contributed by atoms with E-state index in [1.165, 1.54) is 29.0 Å². The Hall–Kier alpha value is -1.80. The van der Waals surface area contributed by atoms with Crippen LogP contribution in [0.25, 0.3) is 0 Å². The van der Waals surface area contributed by atoms with Crippen LogP contribution in [0.3, 0.4) is 0 Å². The third-order valence-electron chi connectivity index (χ3n) is 4.13. The number of benzene rings is 2. The zero-order valence-electron chi connectivity index (χ0n) is 12.5. The van der Waals surface area contributed by atoms with Gasteiger partial charge in [-0.2, -0.15) is 0 Å². The van der Waals surface area contributed by atoms with Gasteiger partial charge in [0.1, 0.15) is 0 Å². The fourth-order valence-corrected chi connectivity index (χ4v) is 5.30. The molecule has 21 heavy (non-hydrogen) atoms. The Kier molecular flexibility index (Phi) is 4.56. The van der Waals surface area contributed by atoms with Crippen LogP contribution in [0.15, 0.2) is 72.5 Å². The van der Waals surface area contributed by atoms with Crippen molar-refractivity contribution in [2.75, 3.05) is 0 Å². The molecular weight excluding hydrogens is 272 g/mol. The van der Waals surface area contributed by atoms with Crippen molar-refractivity contribution >= 4 is 19.4 Å². The van der Waals surface area contributed by atoms with E-state index in [0.717, 1.165) is 6.42 Å². The first-order valence-electron chi connectivity index (χ1n) is 7.81. The molecule has 1 nitrogen and oxygen atoms in total. The minimum Gasteiger partial charge on any atom is -0.541 e. The molecule has 2 aromatic rings. The highest BCUT2D eigenvalue weighted by atomic mass is 28.3. The first-order chi connectivity index (χ1) is 10.3. The fourth-order valence-electron chi connectivity index (χ4n) is 2.90. The molecule has 0 saturated carbocycles. The van der Waals surface area contributed by atoms with Gasteiger partial charge in [-0.15, -0.1) is 0 Å². The standard InChI is InChI=1S/C19H22OSi/c1-16-10-8-9-15-19(16)20-21(17-11-4-2-5-12-17)18-13-6-3-7-14-18/h2-7,11-16,21H,8-10H2,1H3.